The van der Waals surface area contributed by atoms with Crippen LogP contribution in [-0.2, 0) is 14.2 Å². The van der Waals surface area contributed by atoms with Crippen molar-refractivity contribution in [1.82, 2.24) is 0 Å². The van der Waals surface area contributed by atoms with Gasteiger partial charge in [-0.2, -0.15) is 0 Å². The van der Waals surface area contributed by atoms with Gasteiger partial charge in [0.2, 0.25) is 0 Å². The third-order valence-electron chi connectivity index (χ3n) is 3.00. The van der Waals surface area contributed by atoms with E-state index >= 15 is 0 Å². The van der Waals surface area contributed by atoms with E-state index in [1.165, 1.54) is 0 Å². The molecule has 0 aromatic heterocycles. The molecule has 2 saturated heterocycles. The number of aliphatic hydroxyl groups is 2. The summed E-state index contributed by atoms with van der Waals surface area (Å²) < 4.78 is 16.5. The molecule has 2 fully saturated rings. The van der Waals surface area contributed by atoms with Gasteiger partial charge in [0.1, 0.15) is 17.7 Å². The SMILES string of the molecule is CC1(C)O[C@H]2OC(CO)(CO)C(N=[N+]=[N-])[C@H]2O1. The Bertz CT molecular complexity index is 351. The third kappa shape index (κ3) is 1.89. The molecule has 8 nitrogen and oxygen atoms in total. The molecule has 0 aliphatic carbocycles. The quantitative estimate of drug-likeness (QED) is 0.409. The Labute approximate surface area is 97.7 Å². The molecule has 2 aliphatic rings. The van der Waals surface area contributed by atoms with Gasteiger partial charge >= 0.3 is 0 Å². The Hall–Kier alpha value is -0.890. The third-order valence-corrected chi connectivity index (χ3v) is 3.00. The fourth-order valence-electron chi connectivity index (χ4n) is 2.20. The minimum absolute atomic E-state index is 0.479. The molecule has 0 aromatic carbocycles. The van der Waals surface area contributed by atoms with Crippen molar-refractivity contribution in [2.75, 3.05) is 13.2 Å². The van der Waals surface area contributed by atoms with E-state index in [9.17, 15) is 10.2 Å². The van der Waals surface area contributed by atoms with Gasteiger partial charge in [0.05, 0.1) is 13.2 Å². The summed E-state index contributed by atoms with van der Waals surface area (Å²) in [6.45, 7) is 2.46. The summed E-state index contributed by atoms with van der Waals surface area (Å²) in [5.41, 5.74) is 7.19. The maximum atomic E-state index is 9.32. The molecule has 2 N–H and O–H groups in total. The fraction of sp³-hybridized carbons (Fsp3) is 1.00. The Morgan fingerprint density at radius 1 is 1.24 bits per heavy atom. The van der Waals surface area contributed by atoms with Gasteiger partial charge in [-0.25, -0.2) is 0 Å². The molecule has 2 aliphatic heterocycles. The van der Waals surface area contributed by atoms with Gasteiger partial charge in [-0.15, -0.1) is 0 Å². The Balaban J connectivity index is 2.30. The van der Waals surface area contributed by atoms with Crippen molar-refractivity contribution in [2.45, 2.75) is 43.7 Å². The lowest BCUT2D eigenvalue weighted by Crippen LogP contribution is -2.49. The summed E-state index contributed by atoms with van der Waals surface area (Å²) in [5, 5.41) is 22.2. The van der Waals surface area contributed by atoms with Crippen LogP contribution in [0.15, 0.2) is 5.11 Å². The lowest BCUT2D eigenvalue weighted by molar-refractivity contribution is -0.239. The van der Waals surface area contributed by atoms with Gasteiger partial charge in [0.15, 0.2) is 12.1 Å². The summed E-state index contributed by atoms with van der Waals surface area (Å²) in [6, 6.07) is -0.825. The highest BCUT2D eigenvalue weighted by atomic mass is 16.8. The largest absolute Gasteiger partial charge is 0.393 e. The number of ether oxygens (including phenoxy) is 3. The van der Waals surface area contributed by atoms with E-state index < -0.39 is 43.0 Å². The molecule has 0 spiro atoms. The van der Waals surface area contributed by atoms with Crippen LogP contribution in [-0.4, -0.2) is 53.3 Å². The van der Waals surface area contributed by atoms with Crippen LogP contribution in [0.25, 0.3) is 10.4 Å². The van der Waals surface area contributed by atoms with E-state index in [0.717, 1.165) is 0 Å². The van der Waals surface area contributed by atoms with Gasteiger partial charge in [0.25, 0.3) is 0 Å². The van der Waals surface area contributed by atoms with E-state index in [1.54, 1.807) is 13.8 Å². The molecule has 8 heteroatoms. The summed E-state index contributed by atoms with van der Waals surface area (Å²) >= 11 is 0. The van der Waals surface area contributed by atoms with Gasteiger partial charge in [-0.3, -0.25) is 0 Å². The number of fused-ring (bicyclic) bond motifs is 1. The van der Waals surface area contributed by atoms with Crippen LogP contribution in [0.1, 0.15) is 13.8 Å². The van der Waals surface area contributed by atoms with Crippen molar-refractivity contribution in [3.05, 3.63) is 10.4 Å². The average Bonchev–Trinajstić information content (AvgIpc) is 2.71. The molecule has 0 bridgehead atoms. The number of hydrogen-bond acceptors (Lipinski definition) is 6. The van der Waals surface area contributed by atoms with Gasteiger partial charge < -0.3 is 24.4 Å². The number of hydrogen-bond donors (Lipinski definition) is 2. The van der Waals surface area contributed by atoms with Crippen molar-refractivity contribution >= 4 is 0 Å². The minimum Gasteiger partial charge on any atom is -0.393 e. The summed E-state index contributed by atoms with van der Waals surface area (Å²) in [4.78, 5) is 2.70. The Kier molecular flexibility index (Phi) is 3.03. The van der Waals surface area contributed by atoms with E-state index in [0.29, 0.717) is 0 Å². The zero-order valence-corrected chi connectivity index (χ0v) is 9.61. The first-order chi connectivity index (χ1) is 7.98. The molecular weight excluding hydrogens is 230 g/mol. The minimum atomic E-state index is -1.35. The average molecular weight is 245 g/mol. The predicted octanol–water partition coefficient (Wildman–Crippen LogP) is -0.104. The molecule has 2 heterocycles. The second kappa shape index (κ2) is 4.09. The van der Waals surface area contributed by atoms with Crippen LogP contribution < -0.4 is 0 Å². The highest BCUT2D eigenvalue weighted by Crippen LogP contribution is 2.43. The molecule has 0 aromatic rings. The molecule has 0 saturated carbocycles. The van der Waals surface area contributed by atoms with Crippen LogP contribution in [0.3, 0.4) is 0 Å². The summed E-state index contributed by atoms with van der Waals surface area (Å²) in [6.07, 6.45) is -1.38. The number of rotatable bonds is 3. The van der Waals surface area contributed by atoms with Gasteiger partial charge in [-0.1, -0.05) is 5.11 Å². The molecule has 2 rings (SSSR count). The Morgan fingerprint density at radius 3 is 2.41 bits per heavy atom. The maximum Gasteiger partial charge on any atom is 0.188 e. The smallest absolute Gasteiger partial charge is 0.188 e. The second-order valence-electron chi connectivity index (χ2n) is 4.62. The van der Waals surface area contributed by atoms with Crippen molar-refractivity contribution < 1.29 is 24.4 Å². The van der Waals surface area contributed by atoms with Gasteiger partial charge in [-0.05, 0) is 19.4 Å². The monoisotopic (exact) mass is 245 g/mol. The summed E-state index contributed by atoms with van der Waals surface area (Å²) in [5.74, 6) is -0.838. The number of aliphatic hydroxyl groups excluding tert-OH is 2. The first-order valence-electron chi connectivity index (χ1n) is 5.27. The van der Waals surface area contributed by atoms with E-state index in [4.69, 9.17) is 19.7 Å². The van der Waals surface area contributed by atoms with E-state index in [2.05, 4.69) is 10.0 Å². The van der Waals surface area contributed by atoms with Gasteiger partial charge in [0, 0.05) is 4.91 Å². The van der Waals surface area contributed by atoms with Crippen molar-refractivity contribution in [1.29, 1.82) is 0 Å². The lowest BCUT2D eigenvalue weighted by atomic mass is 9.95. The molecule has 3 atom stereocenters. The zero-order chi connectivity index (χ0) is 12.7. The van der Waals surface area contributed by atoms with Crippen LogP contribution in [0.2, 0.25) is 0 Å². The predicted molar refractivity (Wildman–Crippen MR) is 54.7 cm³/mol. The zero-order valence-electron chi connectivity index (χ0n) is 9.61. The van der Waals surface area contributed by atoms with E-state index in [-0.39, 0.29) is 0 Å². The molecular formula is C9H15N3O5. The van der Waals surface area contributed by atoms with Crippen LogP contribution >= 0.6 is 0 Å². The number of azide groups is 1. The fourth-order valence-corrected chi connectivity index (χ4v) is 2.20. The number of nitrogens with zero attached hydrogens (tertiary/aromatic N) is 3. The normalized spacial score (nSPS) is 37.5. The topological polar surface area (TPSA) is 117 Å². The van der Waals surface area contributed by atoms with Crippen LogP contribution in [0, 0.1) is 0 Å². The molecule has 0 radical (unpaired) electrons. The highest BCUT2D eigenvalue weighted by Gasteiger charge is 2.61. The van der Waals surface area contributed by atoms with Crippen LogP contribution in [0.5, 0.6) is 0 Å². The second-order valence-corrected chi connectivity index (χ2v) is 4.62. The molecule has 96 valence electrons. The first kappa shape index (κ1) is 12.6. The van der Waals surface area contributed by atoms with Crippen molar-refractivity contribution in [2.24, 2.45) is 5.11 Å². The highest BCUT2D eigenvalue weighted by molar-refractivity contribution is 5.07. The van der Waals surface area contributed by atoms with Crippen molar-refractivity contribution in [3.63, 3.8) is 0 Å². The van der Waals surface area contributed by atoms with Crippen molar-refractivity contribution in [3.8, 4) is 0 Å². The standard InChI is InChI=1S/C9H15N3O5/c1-8(2)15-5-6(11-12-10)9(3-13,4-14)17-7(5)16-8/h5-7,13-14H,3-4H2,1-2H3/t5-,6?,7+/m1/s1. The molecule has 17 heavy (non-hydrogen) atoms. The molecule has 0 amide bonds. The summed E-state index contributed by atoms with van der Waals surface area (Å²) in [7, 11) is 0. The van der Waals surface area contributed by atoms with Crippen LogP contribution in [0.4, 0.5) is 0 Å². The Morgan fingerprint density at radius 2 is 1.88 bits per heavy atom. The first-order valence-corrected chi connectivity index (χ1v) is 5.27. The lowest BCUT2D eigenvalue weighted by Gasteiger charge is -2.31. The maximum absolute atomic E-state index is 9.32. The molecule has 1 unspecified atom stereocenters. The van der Waals surface area contributed by atoms with E-state index in [1.807, 2.05) is 0 Å².